The Balaban J connectivity index is 1.67. The maximum Gasteiger partial charge on any atom is 0.244 e. The number of benzene rings is 2. The Bertz CT molecular complexity index is 690. The summed E-state index contributed by atoms with van der Waals surface area (Å²) in [5.41, 5.74) is 4.76. The molecule has 2 aliphatic heterocycles. The van der Waals surface area contributed by atoms with E-state index < -0.39 is 0 Å². The molecule has 0 saturated carbocycles. The van der Waals surface area contributed by atoms with Crippen LogP contribution in [0.2, 0.25) is 0 Å². The quantitative estimate of drug-likeness (QED) is 0.923. The molecule has 0 bridgehead atoms. The normalized spacial score (nSPS) is 20.2. The first-order valence-electron chi connectivity index (χ1n) is 8.06. The highest BCUT2D eigenvalue weighted by molar-refractivity contribution is 5.99. The number of carbonyl (C=O) groups is 1. The molecule has 4 rings (SSSR count). The summed E-state index contributed by atoms with van der Waals surface area (Å²) in [6.45, 7) is 1.77. The van der Waals surface area contributed by atoms with E-state index in [1.807, 2.05) is 23.1 Å². The van der Waals surface area contributed by atoms with E-state index in [4.69, 9.17) is 0 Å². The molecule has 112 valence electrons. The van der Waals surface area contributed by atoms with E-state index in [0.717, 1.165) is 38.0 Å². The number of nitrogens with one attached hydrogen (secondary N) is 1. The largest absolute Gasteiger partial charge is 0.310 e. The van der Waals surface area contributed by atoms with Crippen LogP contribution < -0.4 is 10.2 Å². The van der Waals surface area contributed by atoms with Crippen molar-refractivity contribution in [1.82, 2.24) is 5.32 Å². The van der Waals surface area contributed by atoms with Gasteiger partial charge in [-0.25, -0.2) is 0 Å². The molecule has 3 heteroatoms. The predicted octanol–water partition coefficient (Wildman–Crippen LogP) is 2.99. The first-order chi connectivity index (χ1) is 10.8. The summed E-state index contributed by atoms with van der Waals surface area (Å²) >= 11 is 0. The number of amides is 1. The van der Waals surface area contributed by atoms with E-state index in [1.165, 1.54) is 16.7 Å². The number of hydrogen-bond acceptors (Lipinski definition) is 2. The molecule has 2 aliphatic rings. The number of hydrogen-bond donors (Lipinski definition) is 1. The molecule has 1 amide bonds. The summed E-state index contributed by atoms with van der Waals surface area (Å²) < 4.78 is 0. The van der Waals surface area contributed by atoms with Crippen LogP contribution in [0.1, 0.15) is 18.4 Å². The molecule has 0 spiro atoms. The van der Waals surface area contributed by atoms with Gasteiger partial charge in [-0.3, -0.25) is 4.79 Å². The van der Waals surface area contributed by atoms with Gasteiger partial charge in [-0.1, -0.05) is 42.5 Å². The SMILES string of the molecule is O=C(C1CCCN1)N1CCc2ccc(-c3ccccc3)cc21. The molecule has 0 aliphatic carbocycles. The van der Waals surface area contributed by atoms with E-state index in [9.17, 15) is 4.79 Å². The molecule has 1 saturated heterocycles. The van der Waals surface area contributed by atoms with E-state index in [0.29, 0.717) is 0 Å². The molecule has 1 atom stereocenters. The van der Waals surface area contributed by atoms with Crippen LogP contribution in [-0.2, 0) is 11.2 Å². The van der Waals surface area contributed by atoms with Crippen LogP contribution in [0.25, 0.3) is 11.1 Å². The summed E-state index contributed by atoms with van der Waals surface area (Å²) in [5.74, 6) is 0.237. The first-order valence-corrected chi connectivity index (χ1v) is 8.06. The highest BCUT2D eigenvalue weighted by Crippen LogP contribution is 2.33. The Labute approximate surface area is 131 Å². The minimum Gasteiger partial charge on any atom is -0.310 e. The van der Waals surface area contributed by atoms with Crippen LogP contribution >= 0.6 is 0 Å². The van der Waals surface area contributed by atoms with Gasteiger partial charge in [0.1, 0.15) is 0 Å². The summed E-state index contributed by atoms with van der Waals surface area (Å²) in [5, 5.41) is 3.32. The monoisotopic (exact) mass is 292 g/mol. The van der Waals surface area contributed by atoms with Crippen molar-refractivity contribution < 1.29 is 4.79 Å². The zero-order chi connectivity index (χ0) is 14.9. The number of carbonyl (C=O) groups excluding carboxylic acids is 1. The van der Waals surface area contributed by atoms with E-state index in [1.54, 1.807) is 0 Å². The maximum absolute atomic E-state index is 12.7. The zero-order valence-electron chi connectivity index (χ0n) is 12.6. The molecule has 2 aromatic carbocycles. The number of rotatable bonds is 2. The van der Waals surface area contributed by atoms with Crippen molar-refractivity contribution >= 4 is 11.6 Å². The second-order valence-corrected chi connectivity index (χ2v) is 6.10. The lowest BCUT2D eigenvalue weighted by atomic mass is 10.0. The second-order valence-electron chi connectivity index (χ2n) is 6.10. The van der Waals surface area contributed by atoms with Gasteiger partial charge in [0.15, 0.2) is 0 Å². The topological polar surface area (TPSA) is 32.3 Å². The van der Waals surface area contributed by atoms with Crippen molar-refractivity contribution in [3.05, 3.63) is 54.1 Å². The van der Waals surface area contributed by atoms with Crippen LogP contribution in [0.5, 0.6) is 0 Å². The maximum atomic E-state index is 12.7. The van der Waals surface area contributed by atoms with Crippen molar-refractivity contribution in [2.24, 2.45) is 0 Å². The van der Waals surface area contributed by atoms with Crippen molar-refractivity contribution in [3.8, 4) is 11.1 Å². The Morgan fingerprint density at radius 2 is 1.95 bits per heavy atom. The van der Waals surface area contributed by atoms with Crippen molar-refractivity contribution in [1.29, 1.82) is 0 Å². The number of anilines is 1. The predicted molar refractivity (Wildman–Crippen MR) is 89.0 cm³/mol. The van der Waals surface area contributed by atoms with Crippen molar-refractivity contribution in [2.45, 2.75) is 25.3 Å². The van der Waals surface area contributed by atoms with Gasteiger partial charge in [0, 0.05) is 12.2 Å². The van der Waals surface area contributed by atoms with Crippen molar-refractivity contribution in [2.75, 3.05) is 18.0 Å². The molecule has 1 N–H and O–H groups in total. The van der Waals surface area contributed by atoms with Crippen LogP contribution in [0, 0.1) is 0 Å². The third-order valence-electron chi connectivity index (χ3n) is 4.71. The minimum absolute atomic E-state index is 0.00586. The molecule has 2 aromatic rings. The fourth-order valence-corrected chi connectivity index (χ4v) is 3.50. The first kappa shape index (κ1) is 13.5. The van der Waals surface area contributed by atoms with Gasteiger partial charge in [0.25, 0.3) is 0 Å². The van der Waals surface area contributed by atoms with Crippen molar-refractivity contribution in [3.63, 3.8) is 0 Å². The van der Waals surface area contributed by atoms with Crippen LogP contribution in [0.15, 0.2) is 48.5 Å². The Hall–Kier alpha value is -2.13. The Morgan fingerprint density at radius 1 is 1.09 bits per heavy atom. The fraction of sp³-hybridized carbons (Fsp3) is 0.316. The molecule has 2 heterocycles. The molecule has 0 aromatic heterocycles. The molecule has 22 heavy (non-hydrogen) atoms. The Kier molecular flexibility index (Phi) is 3.43. The van der Waals surface area contributed by atoms with E-state index in [-0.39, 0.29) is 11.9 Å². The second kappa shape index (κ2) is 5.58. The van der Waals surface area contributed by atoms with Gasteiger partial charge in [-0.15, -0.1) is 0 Å². The number of fused-ring (bicyclic) bond motifs is 1. The summed E-state index contributed by atoms with van der Waals surface area (Å²) in [7, 11) is 0. The van der Waals surface area contributed by atoms with Gasteiger partial charge in [-0.05, 0) is 48.6 Å². The molecule has 1 fully saturated rings. The van der Waals surface area contributed by atoms with E-state index in [2.05, 4.69) is 35.6 Å². The highest BCUT2D eigenvalue weighted by Gasteiger charge is 2.31. The van der Waals surface area contributed by atoms with Crippen LogP contribution in [0.4, 0.5) is 5.69 Å². The molecule has 0 radical (unpaired) electrons. The standard InChI is InChI=1S/C19H20N2O/c22-19(17-7-4-11-20-17)21-12-10-15-8-9-16(13-18(15)21)14-5-2-1-3-6-14/h1-3,5-6,8-9,13,17,20H,4,7,10-12H2. The molecular weight excluding hydrogens is 272 g/mol. The molecule has 1 unspecified atom stereocenters. The lowest BCUT2D eigenvalue weighted by molar-refractivity contribution is -0.120. The van der Waals surface area contributed by atoms with Gasteiger partial charge < -0.3 is 10.2 Å². The van der Waals surface area contributed by atoms with E-state index >= 15 is 0 Å². The van der Waals surface area contributed by atoms with Gasteiger partial charge in [0.05, 0.1) is 6.04 Å². The van der Waals surface area contributed by atoms with Gasteiger partial charge in [0.2, 0.25) is 5.91 Å². The average molecular weight is 292 g/mol. The molecular formula is C19H20N2O. The average Bonchev–Trinajstić information content (AvgIpc) is 3.24. The zero-order valence-corrected chi connectivity index (χ0v) is 12.6. The van der Waals surface area contributed by atoms with Crippen LogP contribution in [0.3, 0.4) is 0 Å². The third-order valence-corrected chi connectivity index (χ3v) is 4.71. The van der Waals surface area contributed by atoms with Gasteiger partial charge in [-0.2, -0.15) is 0 Å². The lowest BCUT2D eigenvalue weighted by Gasteiger charge is -2.22. The Morgan fingerprint density at radius 3 is 2.73 bits per heavy atom. The summed E-state index contributed by atoms with van der Waals surface area (Å²) in [4.78, 5) is 14.7. The lowest BCUT2D eigenvalue weighted by Crippen LogP contribution is -2.42. The highest BCUT2D eigenvalue weighted by atomic mass is 16.2. The summed E-state index contributed by atoms with van der Waals surface area (Å²) in [6, 6.07) is 16.9. The smallest absolute Gasteiger partial charge is 0.244 e. The third kappa shape index (κ3) is 2.32. The minimum atomic E-state index is 0.00586. The molecule has 3 nitrogen and oxygen atoms in total. The summed E-state index contributed by atoms with van der Waals surface area (Å²) in [6.07, 6.45) is 3.02. The number of nitrogens with zero attached hydrogens (tertiary/aromatic N) is 1. The fourth-order valence-electron chi connectivity index (χ4n) is 3.50. The van der Waals surface area contributed by atoms with Crippen LogP contribution in [-0.4, -0.2) is 25.0 Å². The van der Waals surface area contributed by atoms with Gasteiger partial charge >= 0.3 is 0 Å².